The smallest absolute Gasteiger partial charge is 0.223 e. The summed E-state index contributed by atoms with van der Waals surface area (Å²) in [6.45, 7) is 2.79. The van der Waals surface area contributed by atoms with Gasteiger partial charge in [0.15, 0.2) is 0 Å². The molecule has 1 aliphatic heterocycles. The minimum absolute atomic E-state index is 0.260. The first-order valence-corrected chi connectivity index (χ1v) is 5.63. The number of likely N-dealkylation sites (tertiary alicyclic amines) is 1. The number of ether oxygens (including phenoxy) is 1. The van der Waals surface area contributed by atoms with E-state index in [1.165, 1.54) is 0 Å². The van der Waals surface area contributed by atoms with Crippen LogP contribution in [0.25, 0.3) is 0 Å². The molecule has 3 heteroatoms. The summed E-state index contributed by atoms with van der Waals surface area (Å²) in [6.07, 6.45) is 1.66. The van der Waals surface area contributed by atoms with Crippen molar-refractivity contribution in [2.24, 2.45) is 0 Å². The molecule has 1 atom stereocenters. The Kier molecular flexibility index (Phi) is 3.13. The zero-order valence-corrected chi connectivity index (χ0v) is 9.77. The Hall–Kier alpha value is -1.51. The summed E-state index contributed by atoms with van der Waals surface area (Å²) < 4.78 is 5.17. The summed E-state index contributed by atoms with van der Waals surface area (Å²) in [4.78, 5) is 13.6. The topological polar surface area (TPSA) is 29.5 Å². The molecule has 0 aromatic heterocycles. The Morgan fingerprint density at radius 2 is 2.31 bits per heavy atom. The van der Waals surface area contributed by atoms with E-state index < -0.39 is 0 Å². The van der Waals surface area contributed by atoms with Crippen molar-refractivity contribution in [3.8, 4) is 5.75 Å². The lowest BCUT2D eigenvalue weighted by molar-refractivity contribution is -0.129. The summed E-state index contributed by atoms with van der Waals surface area (Å²) in [6, 6.07) is 8.25. The quantitative estimate of drug-likeness (QED) is 0.780. The molecule has 1 aromatic rings. The summed E-state index contributed by atoms with van der Waals surface area (Å²) in [7, 11) is 1.66. The predicted octanol–water partition coefficient (Wildman–Crippen LogP) is 2.21. The minimum atomic E-state index is 0.260. The van der Waals surface area contributed by atoms with Gasteiger partial charge in [0, 0.05) is 19.0 Å². The number of carbonyl (C=O) groups is 1. The van der Waals surface area contributed by atoms with Crippen molar-refractivity contribution in [2.45, 2.75) is 32.4 Å². The van der Waals surface area contributed by atoms with Crippen molar-refractivity contribution in [3.63, 3.8) is 0 Å². The lowest BCUT2D eigenvalue weighted by Crippen LogP contribution is -2.30. The molecular weight excluding hydrogens is 202 g/mol. The highest BCUT2D eigenvalue weighted by Gasteiger charge is 2.27. The third-order valence-corrected chi connectivity index (χ3v) is 3.12. The fraction of sp³-hybridized carbons (Fsp3) is 0.462. The Bertz CT molecular complexity index is 389. The van der Waals surface area contributed by atoms with Gasteiger partial charge in [-0.25, -0.2) is 0 Å². The van der Waals surface area contributed by atoms with Crippen LogP contribution in [-0.2, 0) is 11.3 Å². The van der Waals surface area contributed by atoms with E-state index in [4.69, 9.17) is 4.74 Å². The van der Waals surface area contributed by atoms with Gasteiger partial charge in [0.05, 0.1) is 7.11 Å². The van der Waals surface area contributed by atoms with Crippen LogP contribution in [0.4, 0.5) is 0 Å². The van der Waals surface area contributed by atoms with Crippen molar-refractivity contribution in [3.05, 3.63) is 29.8 Å². The molecule has 1 unspecified atom stereocenters. The second-order valence-corrected chi connectivity index (χ2v) is 4.26. The average molecular weight is 219 g/mol. The average Bonchev–Trinajstić information content (AvgIpc) is 2.61. The van der Waals surface area contributed by atoms with E-state index in [9.17, 15) is 4.79 Å². The number of benzene rings is 1. The highest BCUT2D eigenvalue weighted by molar-refractivity contribution is 5.78. The minimum Gasteiger partial charge on any atom is -0.497 e. The number of carbonyl (C=O) groups excluding carboxylic acids is 1. The van der Waals surface area contributed by atoms with Crippen LogP contribution in [0.3, 0.4) is 0 Å². The summed E-state index contributed by atoms with van der Waals surface area (Å²) in [5, 5.41) is 0. The van der Waals surface area contributed by atoms with Crippen LogP contribution < -0.4 is 4.74 Å². The van der Waals surface area contributed by atoms with Crippen LogP contribution in [0.2, 0.25) is 0 Å². The second-order valence-electron chi connectivity index (χ2n) is 4.26. The van der Waals surface area contributed by atoms with Gasteiger partial charge in [-0.1, -0.05) is 12.1 Å². The number of hydrogen-bond acceptors (Lipinski definition) is 2. The summed E-state index contributed by atoms with van der Waals surface area (Å²) >= 11 is 0. The van der Waals surface area contributed by atoms with E-state index in [-0.39, 0.29) is 5.91 Å². The van der Waals surface area contributed by atoms with Gasteiger partial charge in [0.25, 0.3) is 0 Å². The first-order valence-electron chi connectivity index (χ1n) is 5.63. The zero-order chi connectivity index (χ0) is 11.5. The van der Waals surface area contributed by atoms with E-state index in [0.717, 1.165) is 17.7 Å². The number of methoxy groups -OCH3 is 1. The Balaban J connectivity index is 2.10. The summed E-state index contributed by atoms with van der Waals surface area (Å²) in [5.41, 5.74) is 1.13. The maximum Gasteiger partial charge on any atom is 0.223 e. The van der Waals surface area contributed by atoms with E-state index in [1.54, 1.807) is 7.11 Å². The maximum atomic E-state index is 11.6. The van der Waals surface area contributed by atoms with Gasteiger partial charge in [0.1, 0.15) is 5.75 Å². The van der Waals surface area contributed by atoms with Crippen LogP contribution in [0, 0.1) is 0 Å². The third kappa shape index (κ3) is 2.18. The monoisotopic (exact) mass is 219 g/mol. The number of amides is 1. The molecule has 2 rings (SSSR count). The largest absolute Gasteiger partial charge is 0.497 e. The molecule has 16 heavy (non-hydrogen) atoms. The van der Waals surface area contributed by atoms with Crippen LogP contribution in [0.5, 0.6) is 5.75 Å². The van der Waals surface area contributed by atoms with Crippen LogP contribution in [0.15, 0.2) is 24.3 Å². The number of rotatable bonds is 3. The molecule has 1 fully saturated rings. The second kappa shape index (κ2) is 4.56. The molecule has 0 radical (unpaired) electrons. The Labute approximate surface area is 96.0 Å². The van der Waals surface area contributed by atoms with Crippen molar-refractivity contribution in [1.29, 1.82) is 0 Å². The van der Waals surface area contributed by atoms with Gasteiger partial charge in [-0.15, -0.1) is 0 Å². The van der Waals surface area contributed by atoms with Crippen molar-refractivity contribution in [2.75, 3.05) is 7.11 Å². The van der Waals surface area contributed by atoms with Crippen molar-refractivity contribution >= 4 is 5.91 Å². The lowest BCUT2D eigenvalue weighted by atomic mass is 10.2. The molecular formula is C13H17NO2. The molecule has 1 heterocycles. The zero-order valence-electron chi connectivity index (χ0n) is 9.77. The summed E-state index contributed by atoms with van der Waals surface area (Å²) in [5.74, 6) is 1.10. The first kappa shape index (κ1) is 11.0. The van der Waals surface area contributed by atoms with Gasteiger partial charge >= 0.3 is 0 Å². The fourth-order valence-electron chi connectivity index (χ4n) is 2.09. The van der Waals surface area contributed by atoms with Crippen molar-refractivity contribution in [1.82, 2.24) is 4.90 Å². The van der Waals surface area contributed by atoms with Gasteiger partial charge in [-0.2, -0.15) is 0 Å². The Morgan fingerprint density at radius 3 is 2.94 bits per heavy atom. The van der Waals surface area contributed by atoms with Gasteiger partial charge in [-0.05, 0) is 31.0 Å². The van der Waals surface area contributed by atoms with Gasteiger partial charge < -0.3 is 9.64 Å². The van der Waals surface area contributed by atoms with Crippen LogP contribution in [0.1, 0.15) is 25.3 Å². The van der Waals surface area contributed by atoms with Gasteiger partial charge in [0.2, 0.25) is 5.91 Å². The molecule has 0 spiro atoms. The number of nitrogens with zero attached hydrogens (tertiary/aromatic N) is 1. The maximum absolute atomic E-state index is 11.6. The van der Waals surface area contributed by atoms with E-state index in [1.807, 2.05) is 29.2 Å². The van der Waals surface area contributed by atoms with Crippen LogP contribution in [-0.4, -0.2) is 24.0 Å². The molecule has 1 aromatic carbocycles. The molecule has 1 aliphatic rings. The first-order chi connectivity index (χ1) is 7.70. The molecule has 1 saturated heterocycles. The fourth-order valence-corrected chi connectivity index (χ4v) is 2.09. The Morgan fingerprint density at radius 1 is 1.50 bits per heavy atom. The van der Waals surface area contributed by atoms with Crippen molar-refractivity contribution < 1.29 is 9.53 Å². The SMILES string of the molecule is COc1cccc(CN2C(=O)CCC2C)c1. The predicted molar refractivity (Wildman–Crippen MR) is 62.2 cm³/mol. The van der Waals surface area contributed by atoms with Gasteiger partial charge in [-0.3, -0.25) is 4.79 Å². The molecule has 0 saturated carbocycles. The van der Waals surface area contributed by atoms with E-state index >= 15 is 0 Å². The van der Waals surface area contributed by atoms with E-state index in [2.05, 4.69) is 6.92 Å². The highest BCUT2D eigenvalue weighted by Crippen LogP contribution is 2.22. The molecule has 1 amide bonds. The van der Waals surface area contributed by atoms with Crippen LogP contribution >= 0.6 is 0 Å². The molecule has 0 bridgehead atoms. The normalized spacial score (nSPS) is 20.2. The molecule has 86 valence electrons. The molecule has 0 aliphatic carbocycles. The lowest BCUT2D eigenvalue weighted by Gasteiger charge is -2.21. The van der Waals surface area contributed by atoms with E-state index in [0.29, 0.717) is 19.0 Å². The number of hydrogen-bond donors (Lipinski definition) is 0. The molecule has 3 nitrogen and oxygen atoms in total. The third-order valence-electron chi connectivity index (χ3n) is 3.12. The molecule has 0 N–H and O–H groups in total. The standard InChI is InChI=1S/C13H17NO2/c1-10-6-7-13(15)14(10)9-11-4-3-5-12(8-11)16-2/h3-5,8,10H,6-7,9H2,1-2H3. The highest BCUT2D eigenvalue weighted by atomic mass is 16.5.